The van der Waals surface area contributed by atoms with E-state index < -0.39 is 10.0 Å². The van der Waals surface area contributed by atoms with Crippen LogP contribution < -0.4 is 15.4 Å². The van der Waals surface area contributed by atoms with Crippen LogP contribution in [0, 0.1) is 0 Å². The minimum absolute atomic E-state index is 0.0889. The van der Waals surface area contributed by atoms with Gasteiger partial charge in [0.05, 0.1) is 18.8 Å². The van der Waals surface area contributed by atoms with Gasteiger partial charge in [-0.15, -0.1) is 0 Å². The molecule has 3 N–H and O–H groups in total. The summed E-state index contributed by atoms with van der Waals surface area (Å²) in [5, 5.41) is 7.24. The molecule has 0 spiro atoms. The predicted octanol–water partition coefficient (Wildman–Crippen LogP) is 2.22. The van der Waals surface area contributed by atoms with Crippen molar-refractivity contribution in [3.63, 3.8) is 0 Å². The van der Waals surface area contributed by atoms with Crippen molar-refractivity contribution < 1.29 is 8.42 Å². The fraction of sp³-hybridized carbons (Fsp3) is 0.632. The number of aliphatic imine (C=N–C) groups is 1. The lowest BCUT2D eigenvalue weighted by Gasteiger charge is -2.29. The van der Waals surface area contributed by atoms with E-state index >= 15 is 0 Å². The summed E-state index contributed by atoms with van der Waals surface area (Å²) in [6.45, 7) is 10.4. The zero-order chi connectivity index (χ0) is 21.0. The molecule has 7 nitrogen and oxygen atoms in total. The lowest BCUT2D eigenvalue weighted by molar-refractivity contribution is 0.224. The van der Waals surface area contributed by atoms with Gasteiger partial charge >= 0.3 is 0 Å². The average molecular weight is 432 g/mol. The molecule has 0 bridgehead atoms. The first-order chi connectivity index (χ1) is 13.3. The normalized spacial score (nSPS) is 13.6. The Morgan fingerprint density at radius 2 is 1.82 bits per heavy atom. The highest BCUT2D eigenvalue weighted by molar-refractivity contribution is 7.88. The van der Waals surface area contributed by atoms with Crippen LogP contribution in [0.3, 0.4) is 0 Å². The third-order valence-electron chi connectivity index (χ3n) is 4.29. The number of likely N-dealkylation sites (N-methyl/N-ethyl adjacent to an activating group) is 1. The van der Waals surface area contributed by atoms with E-state index in [1.807, 2.05) is 25.1 Å². The zero-order valence-corrected chi connectivity index (χ0v) is 18.9. The molecule has 1 aromatic rings. The van der Waals surface area contributed by atoms with Gasteiger partial charge in [0.1, 0.15) is 0 Å². The van der Waals surface area contributed by atoms with E-state index in [1.54, 1.807) is 0 Å². The van der Waals surface area contributed by atoms with Gasteiger partial charge in [-0.1, -0.05) is 43.6 Å². The molecule has 0 heterocycles. The first-order valence-electron chi connectivity index (χ1n) is 9.77. The molecule has 0 aliphatic carbocycles. The topological polar surface area (TPSA) is 85.8 Å². The Balaban J connectivity index is 2.80. The van der Waals surface area contributed by atoms with Crippen LogP contribution in [0.1, 0.15) is 38.8 Å². The SMILES string of the molecule is CCNC(=NCC(c1ccccc1Cl)N(CC)CC)NCCCNS(C)(=O)=O. The van der Waals surface area contributed by atoms with Gasteiger partial charge in [-0.3, -0.25) is 9.89 Å². The second-order valence-corrected chi connectivity index (χ2v) is 8.67. The highest BCUT2D eigenvalue weighted by Gasteiger charge is 2.20. The first kappa shape index (κ1) is 24.7. The summed E-state index contributed by atoms with van der Waals surface area (Å²) in [5.74, 6) is 0.714. The molecule has 28 heavy (non-hydrogen) atoms. The highest BCUT2D eigenvalue weighted by Crippen LogP contribution is 2.27. The highest BCUT2D eigenvalue weighted by atomic mass is 35.5. The molecule has 1 aromatic carbocycles. The zero-order valence-electron chi connectivity index (χ0n) is 17.3. The number of hydrogen-bond acceptors (Lipinski definition) is 4. The molecule has 0 saturated carbocycles. The molecule has 0 saturated heterocycles. The number of halogens is 1. The Morgan fingerprint density at radius 1 is 1.14 bits per heavy atom. The van der Waals surface area contributed by atoms with Crippen LogP contribution >= 0.6 is 11.6 Å². The monoisotopic (exact) mass is 431 g/mol. The lowest BCUT2D eigenvalue weighted by atomic mass is 10.1. The third kappa shape index (κ3) is 9.23. The van der Waals surface area contributed by atoms with Crippen LogP contribution in [-0.4, -0.2) is 64.8 Å². The van der Waals surface area contributed by atoms with E-state index in [9.17, 15) is 8.42 Å². The fourth-order valence-electron chi connectivity index (χ4n) is 2.89. The predicted molar refractivity (Wildman–Crippen MR) is 119 cm³/mol. The summed E-state index contributed by atoms with van der Waals surface area (Å²) in [6, 6.07) is 7.99. The number of rotatable bonds is 12. The van der Waals surface area contributed by atoms with E-state index in [4.69, 9.17) is 16.6 Å². The summed E-state index contributed by atoms with van der Waals surface area (Å²) in [6.07, 6.45) is 1.83. The molecular weight excluding hydrogens is 398 g/mol. The second kappa shape index (κ2) is 13.0. The molecule has 0 aliphatic heterocycles. The first-order valence-corrected chi connectivity index (χ1v) is 12.0. The largest absolute Gasteiger partial charge is 0.357 e. The Morgan fingerprint density at radius 3 is 2.39 bits per heavy atom. The molecule has 0 fully saturated rings. The molecule has 0 radical (unpaired) electrons. The molecule has 160 valence electrons. The van der Waals surface area contributed by atoms with Crippen molar-refractivity contribution >= 4 is 27.6 Å². The van der Waals surface area contributed by atoms with Crippen LogP contribution in [0.5, 0.6) is 0 Å². The molecule has 1 unspecified atom stereocenters. The number of nitrogens with one attached hydrogen (secondary N) is 3. The molecule has 0 aromatic heterocycles. The summed E-state index contributed by atoms with van der Waals surface area (Å²) < 4.78 is 24.7. The molecule has 0 aliphatic rings. The van der Waals surface area contributed by atoms with Gasteiger partial charge < -0.3 is 10.6 Å². The Bertz CT molecular complexity index is 708. The van der Waals surface area contributed by atoms with E-state index in [0.717, 1.165) is 36.5 Å². The Labute approximate surface area is 175 Å². The number of sulfonamides is 1. The molecular formula is C19H34ClN5O2S. The standard InChI is InChI=1S/C19H34ClN5O2S/c1-5-21-19(22-13-10-14-24-28(4,26)27)23-15-18(25(6-2)7-3)16-11-8-9-12-17(16)20/h8-9,11-12,18,24H,5-7,10,13-15H2,1-4H3,(H2,21,22,23). The summed E-state index contributed by atoms with van der Waals surface area (Å²) in [7, 11) is -3.15. The van der Waals surface area contributed by atoms with Gasteiger partial charge in [0.25, 0.3) is 0 Å². The maximum absolute atomic E-state index is 11.1. The van der Waals surface area contributed by atoms with Crippen LogP contribution in [0.25, 0.3) is 0 Å². The van der Waals surface area contributed by atoms with E-state index in [1.165, 1.54) is 0 Å². The van der Waals surface area contributed by atoms with Gasteiger partial charge in [0, 0.05) is 24.7 Å². The number of benzene rings is 1. The Hall–Kier alpha value is -1.35. The van der Waals surface area contributed by atoms with Crippen molar-refractivity contribution in [1.29, 1.82) is 0 Å². The van der Waals surface area contributed by atoms with E-state index in [2.05, 4.69) is 40.2 Å². The summed E-state index contributed by atoms with van der Waals surface area (Å²) in [5.41, 5.74) is 1.07. The van der Waals surface area contributed by atoms with Crippen molar-refractivity contribution in [2.45, 2.75) is 33.2 Å². The van der Waals surface area contributed by atoms with Crippen LogP contribution in [0.4, 0.5) is 0 Å². The number of nitrogens with zero attached hydrogens (tertiary/aromatic N) is 2. The van der Waals surface area contributed by atoms with Crippen LogP contribution in [0.2, 0.25) is 5.02 Å². The minimum Gasteiger partial charge on any atom is -0.357 e. The van der Waals surface area contributed by atoms with Crippen molar-refractivity contribution in [2.24, 2.45) is 4.99 Å². The van der Waals surface area contributed by atoms with Gasteiger partial charge in [-0.25, -0.2) is 13.1 Å². The molecule has 0 amide bonds. The van der Waals surface area contributed by atoms with Crippen molar-refractivity contribution in [3.8, 4) is 0 Å². The quantitative estimate of drug-likeness (QED) is 0.268. The fourth-order valence-corrected chi connectivity index (χ4v) is 3.67. The van der Waals surface area contributed by atoms with Crippen molar-refractivity contribution in [2.75, 3.05) is 45.5 Å². The Kier molecular flexibility index (Phi) is 11.4. The second-order valence-electron chi connectivity index (χ2n) is 6.42. The van der Waals surface area contributed by atoms with Gasteiger partial charge in [-0.2, -0.15) is 0 Å². The van der Waals surface area contributed by atoms with Gasteiger partial charge in [0.15, 0.2) is 5.96 Å². The maximum atomic E-state index is 11.1. The van der Waals surface area contributed by atoms with E-state index in [0.29, 0.717) is 32.0 Å². The van der Waals surface area contributed by atoms with Crippen molar-refractivity contribution in [3.05, 3.63) is 34.9 Å². The molecule has 1 atom stereocenters. The number of guanidine groups is 1. The maximum Gasteiger partial charge on any atom is 0.208 e. The number of hydrogen-bond donors (Lipinski definition) is 3. The summed E-state index contributed by atoms with van der Waals surface area (Å²) >= 11 is 6.45. The molecule has 9 heteroatoms. The van der Waals surface area contributed by atoms with Gasteiger partial charge in [-0.05, 0) is 38.1 Å². The smallest absolute Gasteiger partial charge is 0.208 e. The summed E-state index contributed by atoms with van der Waals surface area (Å²) in [4.78, 5) is 7.09. The third-order valence-corrected chi connectivity index (χ3v) is 5.37. The molecule has 1 rings (SSSR count). The minimum atomic E-state index is -3.15. The van der Waals surface area contributed by atoms with E-state index in [-0.39, 0.29) is 6.04 Å². The van der Waals surface area contributed by atoms with Crippen molar-refractivity contribution in [1.82, 2.24) is 20.3 Å². The van der Waals surface area contributed by atoms with Crippen LogP contribution in [0.15, 0.2) is 29.3 Å². The van der Waals surface area contributed by atoms with Gasteiger partial charge in [0.2, 0.25) is 10.0 Å². The average Bonchev–Trinajstić information content (AvgIpc) is 2.64. The van der Waals surface area contributed by atoms with Crippen LogP contribution in [-0.2, 0) is 10.0 Å². The lowest BCUT2D eigenvalue weighted by Crippen LogP contribution is -2.40.